The molecular formula is C24H32N4O3. The second kappa shape index (κ2) is 10.9. The molecule has 2 aromatic carbocycles. The first-order valence-corrected chi connectivity index (χ1v) is 10.9. The number of nitrogens with two attached hydrogens (primary N) is 1. The van der Waals surface area contributed by atoms with Crippen molar-refractivity contribution in [2.45, 2.75) is 39.3 Å². The Kier molecular flexibility index (Phi) is 8.03. The van der Waals surface area contributed by atoms with Crippen LogP contribution < -0.4 is 21.1 Å². The molecule has 166 valence electrons. The normalized spacial score (nSPS) is 16.6. The summed E-state index contributed by atoms with van der Waals surface area (Å²) in [5.74, 6) is 0.326. The monoisotopic (exact) mass is 424 g/mol. The number of piperazine rings is 1. The van der Waals surface area contributed by atoms with Gasteiger partial charge in [0.15, 0.2) is 0 Å². The molecule has 1 atom stereocenters. The largest absolute Gasteiger partial charge is 0.489 e. The van der Waals surface area contributed by atoms with E-state index in [1.54, 1.807) is 0 Å². The summed E-state index contributed by atoms with van der Waals surface area (Å²) in [5.41, 5.74) is 9.47. The number of carbonyl (C=O) groups is 2. The first kappa shape index (κ1) is 22.8. The number of aryl methyl sites for hydroxylation is 2. The van der Waals surface area contributed by atoms with E-state index in [1.165, 1.54) is 0 Å². The molecule has 2 aromatic rings. The molecule has 3 rings (SSSR count). The van der Waals surface area contributed by atoms with Gasteiger partial charge in [0.2, 0.25) is 11.8 Å². The van der Waals surface area contributed by atoms with Gasteiger partial charge in [0.1, 0.15) is 12.4 Å². The fourth-order valence-electron chi connectivity index (χ4n) is 3.81. The lowest BCUT2D eigenvalue weighted by molar-refractivity contribution is -0.123. The third kappa shape index (κ3) is 6.29. The van der Waals surface area contributed by atoms with Gasteiger partial charge in [-0.25, -0.2) is 0 Å². The van der Waals surface area contributed by atoms with E-state index in [9.17, 15) is 9.59 Å². The molecule has 0 aromatic heterocycles. The van der Waals surface area contributed by atoms with Crippen molar-refractivity contribution in [3.63, 3.8) is 0 Å². The van der Waals surface area contributed by atoms with Crippen LogP contribution in [-0.4, -0.2) is 48.9 Å². The van der Waals surface area contributed by atoms with Crippen LogP contribution in [0.3, 0.4) is 0 Å². The molecule has 4 N–H and O–H groups in total. The van der Waals surface area contributed by atoms with Crippen molar-refractivity contribution in [1.29, 1.82) is 0 Å². The van der Waals surface area contributed by atoms with Crippen LogP contribution in [0, 0.1) is 0 Å². The van der Waals surface area contributed by atoms with Gasteiger partial charge in [-0.15, -0.1) is 0 Å². The standard InChI is InChI=1S/C24H32N4O3/c1-3-18-12-20(31-16-17-8-6-5-7-9-17)13-19(4-2)23(18)27-22(29)15-28-11-10-26-21(14-28)24(25)30/h5-9,12-13,21,26H,3-4,10-11,14-16H2,1-2H3,(H2,25,30)(H,27,29). The molecule has 0 radical (unpaired) electrons. The highest BCUT2D eigenvalue weighted by Crippen LogP contribution is 2.29. The number of carbonyl (C=O) groups excluding carboxylic acids is 2. The molecule has 2 amide bonds. The van der Waals surface area contributed by atoms with E-state index in [0.717, 1.165) is 41.0 Å². The zero-order valence-electron chi connectivity index (χ0n) is 18.3. The summed E-state index contributed by atoms with van der Waals surface area (Å²) in [5, 5.41) is 6.18. The van der Waals surface area contributed by atoms with Crippen LogP contribution in [0.5, 0.6) is 5.75 Å². The number of anilines is 1. The molecule has 0 bridgehead atoms. The fourth-order valence-corrected chi connectivity index (χ4v) is 3.81. The van der Waals surface area contributed by atoms with Gasteiger partial charge in [0.25, 0.3) is 0 Å². The summed E-state index contributed by atoms with van der Waals surface area (Å²) in [6, 6.07) is 13.6. The molecule has 0 saturated carbocycles. The smallest absolute Gasteiger partial charge is 0.238 e. The summed E-state index contributed by atoms with van der Waals surface area (Å²) in [6.45, 7) is 6.64. The molecular weight excluding hydrogens is 392 g/mol. The number of nitrogens with zero attached hydrogens (tertiary/aromatic N) is 1. The second-order valence-corrected chi connectivity index (χ2v) is 7.79. The Balaban J connectivity index is 1.68. The molecule has 1 saturated heterocycles. The van der Waals surface area contributed by atoms with E-state index in [0.29, 0.717) is 26.2 Å². The fraction of sp³-hybridized carbons (Fsp3) is 0.417. The van der Waals surface area contributed by atoms with Crippen molar-refractivity contribution in [3.05, 3.63) is 59.2 Å². The number of rotatable bonds is 9. The molecule has 7 nitrogen and oxygen atoms in total. The van der Waals surface area contributed by atoms with E-state index >= 15 is 0 Å². The Morgan fingerprint density at radius 1 is 1.16 bits per heavy atom. The predicted molar refractivity (Wildman–Crippen MR) is 122 cm³/mol. The Labute approximate surface area is 183 Å². The van der Waals surface area contributed by atoms with Gasteiger partial charge in [-0.2, -0.15) is 0 Å². The molecule has 1 aliphatic rings. The molecule has 1 unspecified atom stereocenters. The lowest BCUT2D eigenvalue weighted by Crippen LogP contribution is -2.57. The van der Waals surface area contributed by atoms with Crippen LogP contribution in [0.25, 0.3) is 0 Å². The number of amides is 2. The number of nitrogens with one attached hydrogen (secondary N) is 2. The maximum Gasteiger partial charge on any atom is 0.238 e. The van der Waals surface area contributed by atoms with Crippen molar-refractivity contribution in [3.8, 4) is 5.75 Å². The molecule has 31 heavy (non-hydrogen) atoms. The summed E-state index contributed by atoms with van der Waals surface area (Å²) in [7, 11) is 0. The molecule has 0 spiro atoms. The van der Waals surface area contributed by atoms with Gasteiger partial charge in [-0.05, 0) is 41.7 Å². The van der Waals surface area contributed by atoms with E-state index in [4.69, 9.17) is 10.5 Å². The highest BCUT2D eigenvalue weighted by atomic mass is 16.5. The number of primary amides is 1. The number of ether oxygens (including phenoxy) is 1. The van der Waals surface area contributed by atoms with Gasteiger partial charge in [0.05, 0.1) is 12.6 Å². The van der Waals surface area contributed by atoms with Gasteiger partial charge < -0.3 is 21.1 Å². The zero-order chi connectivity index (χ0) is 22.2. The molecule has 0 aliphatic carbocycles. The second-order valence-electron chi connectivity index (χ2n) is 7.79. The highest BCUT2D eigenvalue weighted by molar-refractivity contribution is 5.94. The number of hydrogen-bond donors (Lipinski definition) is 3. The minimum Gasteiger partial charge on any atom is -0.489 e. The van der Waals surface area contributed by atoms with Crippen LogP contribution in [0.4, 0.5) is 5.69 Å². The Morgan fingerprint density at radius 3 is 2.45 bits per heavy atom. The first-order chi connectivity index (χ1) is 15.0. The van der Waals surface area contributed by atoms with Crippen LogP contribution in [0.15, 0.2) is 42.5 Å². The minimum absolute atomic E-state index is 0.0903. The van der Waals surface area contributed by atoms with Crippen molar-refractivity contribution in [2.24, 2.45) is 5.73 Å². The third-order valence-electron chi connectivity index (χ3n) is 5.52. The van der Waals surface area contributed by atoms with Crippen molar-refractivity contribution in [2.75, 3.05) is 31.5 Å². The average molecular weight is 425 g/mol. The molecule has 1 aliphatic heterocycles. The summed E-state index contributed by atoms with van der Waals surface area (Å²) < 4.78 is 6.02. The lowest BCUT2D eigenvalue weighted by Gasteiger charge is -2.31. The topological polar surface area (TPSA) is 96.7 Å². The van der Waals surface area contributed by atoms with Gasteiger partial charge >= 0.3 is 0 Å². The summed E-state index contributed by atoms with van der Waals surface area (Å²) in [4.78, 5) is 26.2. The molecule has 7 heteroatoms. The lowest BCUT2D eigenvalue weighted by atomic mass is 10.0. The third-order valence-corrected chi connectivity index (χ3v) is 5.52. The van der Waals surface area contributed by atoms with Gasteiger partial charge in [-0.1, -0.05) is 44.2 Å². The quantitative estimate of drug-likeness (QED) is 0.573. The maximum absolute atomic E-state index is 12.8. The number of hydrogen-bond acceptors (Lipinski definition) is 5. The van der Waals surface area contributed by atoms with E-state index in [-0.39, 0.29) is 12.5 Å². The molecule has 1 heterocycles. The van der Waals surface area contributed by atoms with Crippen molar-refractivity contribution >= 4 is 17.5 Å². The first-order valence-electron chi connectivity index (χ1n) is 10.9. The van der Waals surface area contributed by atoms with E-state index in [2.05, 4.69) is 24.5 Å². The average Bonchev–Trinajstić information content (AvgIpc) is 2.78. The van der Waals surface area contributed by atoms with Crippen LogP contribution in [0.2, 0.25) is 0 Å². The van der Waals surface area contributed by atoms with Crippen molar-refractivity contribution < 1.29 is 14.3 Å². The predicted octanol–water partition coefficient (Wildman–Crippen LogP) is 2.09. The van der Waals surface area contributed by atoms with Crippen molar-refractivity contribution in [1.82, 2.24) is 10.2 Å². The van der Waals surface area contributed by atoms with Crippen LogP contribution in [0.1, 0.15) is 30.5 Å². The summed E-state index contributed by atoms with van der Waals surface area (Å²) in [6.07, 6.45) is 1.56. The molecule has 1 fully saturated rings. The van der Waals surface area contributed by atoms with E-state index < -0.39 is 11.9 Å². The Bertz CT molecular complexity index is 876. The maximum atomic E-state index is 12.8. The number of benzene rings is 2. The zero-order valence-corrected chi connectivity index (χ0v) is 18.3. The Hall–Kier alpha value is -2.90. The van der Waals surface area contributed by atoms with E-state index in [1.807, 2.05) is 47.4 Å². The van der Waals surface area contributed by atoms with Gasteiger partial charge in [0, 0.05) is 25.3 Å². The van der Waals surface area contributed by atoms with Gasteiger partial charge in [-0.3, -0.25) is 14.5 Å². The summed E-state index contributed by atoms with van der Waals surface area (Å²) >= 11 is 0. The SMILES string of the molecule is CCc1cc(OCc2ccccc2)cc(CC)c1NC(=O)CN1CCNC(C(N)=O)C1. The minimum atomic E-state index is -0.417. The van der Waals surface area contributed by atoms with Crippen LogP contribution >= 0.6 is 0 Å². The highest BCUT2D eigenvalue weighted by Gasteiger charge is 2.25. The van der Waals surface area contributed by atoms with Crippen LogP contribution in [-0.2, 0) is 29.0 Å². The Morgan fingerprint density at radius 2 is 1.84 bits per heavy atom.